The lowest BCUT2D eigenvalue weighted by atomic mass is 10.3. The van der Waals surface area contributed by atoms with Crippen molar-refractivity contribution in [3.8, 4) is 0 Å². The van der Waals surface area contributed by atoms with Crippen molar-refractivity contribution in [3.05, 3.63) is 23.9 Å². The summed E-state index contributed by atoms with van der Waals surface area (Å²) in [6.07, 6.45) is 4.54. The van der Waals surface area contributed by atoms with Crippen molar-refractivity contribution in [1.29, 1.82) is 0 Å². The van der Waals surface area contributed by atoms with Gasteiger partial charge in [0.05, 0.1) is 12.2 Å². The highest BCUT2D eigenvalue weighted by Crippen LogP contribution is 2.07. The predicted molar refractivity (Wildman–Crippen MR) is 110 cm³/mol. The molecule has 0 saturated heterocycles. The van der Waals surface area contributed by atoms with Gasteiger partial charge in [0.1, 0.15) is 5.82 Å². The first-order valence-electron chi connectivity index (χ1n) is 7.24. The van der Waals surface area contributed by atoms with Gasteiger partial charge in [0, 0.05) is 27.7 Å². The van der Waals surface area contributed by atoms with Crippen LogP contribution in [0, 0.1) is 0 Å². The second-order valence-corrected chi connectivity index (χ2v) is 5.92. The van der Waals surface area contributed by atoms with E-state index >= 15 is 0 Å². The average Bonchev–Trinajstić information content (AvgIpc) is 2.50. The molecule has 5 nitrogen and oxygen atoms in total. The molecule has 0 spiro atoms. The first kappa shape index (κ1) is 21.3. The van der Waals surface area contributed by atoms with Gasteiger partial charge in [-0.1, -0.05) is 6.07 Å². The van der Waals surface area contributed by atoms with Gasteiger partial charge in [0.15, 0.2) is 5.96 Å². The minimum Gasteiger partial charge on any atom is -0.363 e. The molecule has 0 saturated carbocycles. The molecule has 1 aromatic heterocycles. The van der Waals surface area contributed by atoms with E-state index < -0.39 is 0 Å². The maximum atomic E-state index is 4.58. The fraction of sp³-hybridized carbons (Fsp3) is 0.600. The molecule has 0 bridgehead atoms. The van der Waals surface area contributed by atoms with Crippen LogP contribution in [0.1, 0.15) is 18.5 Å². The molecule has 0 aliphatic rings. The van der Waals surface area contributed by atoms with Crippen LogP contribution in [0.25, 0.3) is 0 Å². The van der Waals surface area contributed by atoms with E-state index in [-0.39, 0.29) is 24.0 Å². The van der Waals surface area contributed by atoms with E-state index in [1.165, 1.54) is 12.2 Å². The SMILES string of the molecule is CN=C(NCCCCSC)NCc1cccc(N(C)C)n1.I. The molecule has 0 aliphatic carbocycles. The van der Waals surface area contributed by atoms with Crippen molar-refractivity contribution < 1.29 is 0 Å². The third-order valence-electron chi connectivity index (χ3n) is 2.98. The van der Waals surface area contributed by atoms with Gasteiger partial charge >= 0.3 is 0 Å². The number of hydrogen-bond donors (Lipinski definition) is 2. The molecular formula is C15H28IN5S. The van der Waals surface area contributed by atoms with Crippen LogP contribution in [0.3, 0.4) is 0 Å². The Kier molecular flexibility index (Phi) is 12.4. The van der Waals surface area contributed by atoms with E-state index in [9.17, 15) is 0 Å². The molecular weight excluding hydrogens is 409 g/mol. The third-order valence-corrected chi connectivity index (χ3v) is 3.68. The second-order valence-electron chi connectivity index (χ2n) is 4.93. The Hall–Kier alpha value is -0.700. The molecule has 0 aromatic carbocycles. The third kappa shape index (κ3) is 8.67. The number of pyridine rings is 1. The summed E-state index contributed by atoms with van der Waals surface area (Å²) >= 11 is 1.89. The van der Waals surface area contributed by atoms with E-state index in [2.05, 4.69) is 26.9 Å². The molecule has 0 atom stereocenters. The lowest BCUT2D eigenvalue weighted by molar-refractivity contribution is 0.729. The highest BCUT2D eigenvalue weighted by molar-refractivity contribution is 14.0. The molecule has 0 unspecified atom stereocenters. The van der Waals surface area contributed by atoms with Crippen LogP contribution < -0.4 is 15.5 Å². The molecule has 0 radical (unpaired) electrons. The summed E-state index contributed by atoms with van der Waals surface area (Å²) < 4.78 is 0. The number of halogens is 1. The molecule has 0 fully saturated rings. The first-order chi connectivity index (χ1) is 10.2. The fourth-order valence-corrected chi connectivity index (χ4v) is 2.28. The van der Waals surface area contributed by atoms with Gasteiger partial charge in [-0.05, 0) is 37.0 Å². The number of guanidine groups is 1. The van der Waals surface area contributed by atoms with Gasteiger partial charge in [0.25, 0.3) is 0 Å². The summed E-state index contributed by atoms with van der Waals surface area (Å²) in [7, 11) is 5.78. The zero-order chi connectivity index (χ0) is 15.5. The number of rotatable bonds is 8. The lowest BCUT2D eigenvalue weighted by Crippen LogP contribution is -2.37. The van der Waals surface area contributed by atoms with Crippen LogP contribution in [0.4, 0.5) is 5.82 Å². The first-order valence-corrected chi connectivity index (χ1v) is 8.63. The normalized spacial score (nSPS) is 10.8. The smallest absolute Gasteiger partial charge is 0.191 e. The van der Waals surface area contributed by atoms with Gasteiger partial charge in [-0.3, -0.25) is 4.99 Å². The number of anilines is 1. The van der Waals surface area contributed by atoms with E-state index in [1.807, 2.05) is 49.0 Å². The maximum absolute atomic E-state index is 4.58. The van der Waals surface area contributed by atoms with Crippen LogP contribution in [-0.4, -0.2) is 50.6 Å². The number of thioether (sulfide) groups is 1. The molecule has 126 valence electrons. The maximum Gasteiger partial charge on any atom is 0.191 e. The number of nitrogens with one attached hydrogen (secondary N) is 2. The molecule has 1 aromatic rings. The summed E-state index contributed by atoms with van der Waals surface area (Å²) in [5.41, 5.74) is 1.01. The summed E-state index contributed by atoms with van der Waals surface area (Å²) in [6.45, 7) is 1.62. The van der Waals surface area contributed by atoms with E-state index in [0.29, 0.717) is 6.54 Å². The Balaban J connectivity index is 0.00000441. The minimum absolute atomic E-state index is 0. The van der Waals surface area contributed by atoms with Crippen molar-refractivity contribution in [1.82, 2.24) is 15.6 Å². The quantitative estimate of drug-likeness (QED) is 0.284. The van der Waals surface area contributed by atoms with Crippen LogP contribution in [0.15, 0.2) is 23.2 Å². The summed E-state index contributed by atoms with van der Waals surface area (Å²) in [6, 6.07) is 6.05. The molecule has 2 N–H and O–H groups in total. The Morgan fingerprint density at radius 2 is 2.05 bits per heavy atom. The summed E-state index contributed by atoms with van der Waals surface area (Å²) in [4.78, 5) is 10.8. The van der Waals surface area contributed by atoms with E-state index in [1.54, 1.807) is 7.05 Å². The Bertz CT molecular complexity index is 440. The predicted octanol–water partition coefficient (Wildman–Crippen LogP) is 2.57. The molecule has 1 heterocycles. The van der Waals surface area contributed by atoms with Crippen LogP contribution >= 0.6 is 35.7 Å². The monoisotopic (exact) mass is 437 g/mol. The van der Waals surface area contributed by atoms with Gasteiger partial charge < -0.3 is 15.5 Å². The van der Waals surface area contributed by atoms with Crippen molar-refractivity contribution in [3.63, 3.8) is 0 Å². The topological polar surface area (TPSA) is 52.6 Å². The lowest BCUT2D eigenvalue weighted by Gasteiger charge is -2.14. The molecule has 1 rings (SSSR count). The van der Waals surface area contributed by atoms with Crippen LogP contribution in [0.5, 0.6) is 0 Å². The summed E-state index contributed by atoms with van der Waals surface area (Å²) in [5, 5.41) is 6.62. The van der Waals surface area contributed by atoms with Gasteiger partial charge in [-0.25, -0.2) is 4.98 Å². The van der Waals surface area contributed by atoms with Crippen molar-refractivity contribution in [2.45, 2.75) is 19.4 Å². The van der Waals surface area contributed by atoms with Crippen molar-refractivity contribution in [2.24, 2.45) is 4.99 Å². The molecule has 22 heavy (non-hydrogen) atoms. The van der Waals surface area contributed by atoms with Gasteiger partial charge in [-0.15, -0.1) is 24.0 Å². The average molecular weight is 437 g/mol. The molecule has 0 aliphatic heterocycles. The number of aliphatic imine (C=N–C) groups is 1. The van der Waals surface area contributed by atoms with E-state index in [4.69, 9.17) is 0 Å². The minimum atomic E-state index is 0. The molecule has 0 amide bonds. The number of nitrogens with zero attached hydrogens (tertiary/aromatic N) is 3. The highest BCUT2D eigenvalue weighted by atomic mass is 127. The van der Waals surface area contributed by atoms with Crippen molar-refractivity contribution >= 4 is 47.5 Å². The zero-order valence-electron chi connectivity index (χ0n) is 13.9. The largest absolute Gasteiger partial charge is 0.363 e. The summed E-state index contributed by atoms with van der Waals surface area (Å²) in [5.74, 6) is 3.01. The fourth-order valence-electron chi connectivity index (χ4n) is 1.79. The number of aromatic nitrogens is 1. The Labute approximate surface area is 155 Å². The van der Waals surface area contributed by atoms with Gasteiger partial charge in [-0.2, -0.15) is 11.8 Å². The second kappa shape index (κ2) is 12.8. The Morgan fingerprint density at radius 1 is 1.27 bits per heavy atom. The van der Waals surface area contributed by atoms with Crippen LogP contribution in [-0.2, 0) is 6.54 Å². The number of hydrogen-bond acceptors (Lipinski definition) is 4. The van der Waals surface area contributed by atoms with Gasteiger partial charge in [0.2, 0.25) is 0 Å². The zero-order valence-corrected chi connectivity index (χ0v) is 17.1. The highest BCUT2D eigenvalue weighted by Gasteiger charge is 2.01. The van der Waals surface area contributed by atoms with Crippen molar-refractivity contribution in [2.75, 3.05) is 44.6 Å². The standard InChI is InChI=1S/C15H27N5S.HI/c1-16-15(17-10-5-6-11-21-4)18-12-13-8-7-9-14(19-13)20(2)3;/h7-9H,5-6,10-12H2,1-4H3,(H2,16,17,18);1H. The van der Waals surface area contributed by atoms with E-state index in [0.717, 1.165) is 30.4 Å². The van der Waals surface area contributed by atoms with Crippen LogP contribution in [0.2, 0.25) is 0 Å². The molecule has 7 heteroatoms. The Morgan fingerprint density at radius 3 is 2.68 bits per heavy atom. The number of unbranched alkanes of at least 4 members (excludes halogenated alkanes) is 1.